The third kappa shape index (κ3) is 4.49. The van der Waals surface area contributed by atoms with Gasteiger partial charge in [-0.1, -0.05) is 19.3 Å². The van der Waals surface area contributed by atoms with E-state index < -0.39 is 0 Å². The third-order valence-corrected chi connectivity index (χ3v) is 4.23. The number of amides is 2. The maximum Gasteiger partial charge on any atom is 0.239 e. The molecular formula is C14H25N3O2. The monoisotopic (exact) mass is 267 g/mol. The second-order valence-electron chi connectivity index (χ2n) is 5.89. The van der Waals surface area contributed by atoms with Gasteiger partial charge in [0.2, 0.25) is 11.8 Å². The molecule has 2 saturated carbocycles. The summed E-state index contributed by atoms with van der Waals surface area (Å²) in [7, 11) is 1.93. The Morgan fingerprint density at radius 3 is 2.37 bits per heavy atom. The molecule has 0 aromatic heterocycles. The molecule has 3 N–H and O–H groups in total. The van der Waals surface area contributed by atoms with Crippen molar-refractivity contribution in [1.29, 1.82) is 0 Å². The SMILES string of the molecule is CNC1(CC(=O)NCC(=O)NC2CC2)CCCCC1. The molecule has 5 heteroatoms. The number of carbonyl (C=O) groups is 2. The molecule has 0 aliphatic heterocycles. The van der Waals surface area contributed by atoms with E-state index in [1.807, 2.05) is 7.05 Å². The molecule has 0 radical (unpaired) electrons. The van der Waals surface area contributed by atoms with E-state index in [1.54, 1.807) is 0 Å². The molecule has 0 aromatic rings. The Balaban J connectivity index is 1.71. The first kappa shape index (κ1) is 14.3. The van der Waals surface area contributed by atoms with Gasteiger partial charge in [-0.2, -0.15) is 0 Å². The smallest absolute Gasteiger partial charge is 0.239 e. The van der Waals surface area contributed by atoms with Crippen LogP contribution in [0.15, 0.2) is 0 Å². The quantitative estimate of drug-likeness (QED) is 0.663. The Kier molecular flexibility index (Phi) is 4.80. The van der Waals surface area contributed by atoms with Gasteiger partial charge in [-0.15, -0.1) is 0 Å². The number of carbonyl (C=O) groups excluding carboxylic acids is 2. The van der Waals surface area contributed by atoms with E-state index >= 15 is 0 Å². The summed E-state index contributed by atoms with van der Waals surface area (Å²) in [4.78, 5) is 23.4. The summed E-state index contributed by atoms with van der Waals surface area (Å²) in [6.07, 6.45) is 8.32. The fourth-order valence-electron chi connectivity index (χ4n) is 2.80. The molecule has 2 aliphatic carbocycles. The van der Waals surface area contributed by atoms with Crippen molar-refractivity contribution in [2.24, 2.45) is 0 Å². The van der Waals surface area contributed by atoms with Crippen LogP contribution in [0.25, 0.3) is 0 Å². The topological polar surface area (TPSA) is 70.2 Å². The highest BCUT2D eigenvalue weighted by molar-refractivity contribution is 5.85. The summed E-state index contributed by atoms with van der Waals surface area (Å²) < 4.78 is 0. The van der Waals surface area contributed by atoms with Crippen LogP contribution in [0.2, 0.25) is 0 Å². The van der Waals surface area contributed by atoms with E-state index in [1.165, 1.54) is 19.3 Å². The van der Waals surface area contributed by atoms with Crippen LogP contribution in [-0.2, 0) is 9.59 Å². The minimum absolute atomic E-state index is 0.0257. The van der Waals surface area contributed by atoms with Gasteiger partial charge in [-0.3, -0.25) is 9.59 Å². The van der Waals surface area contributed by atoms with Crippen LogP contribution in [0.1, 0.15) is 51.4 Å². The summed E-state index contributed by atoms with van der Waals surface area (Å²) in [6.45, 7) is 0.106. The molecule has 0 bridgehead atoms. The zero-order chi connectivity index (χ0) is 13.7. The Labute approximate surface area is 114 Å². The average molecular weight is 267 g/mol. The van der Waals surface area contributed by atoms with Crippen molar-refractivity contribution in [2.75, 3.05) is 13.6 Å². The second kappa shape index (κ2) is 6.37. The van der Waals surface area contributed by atoms with Crippen LogP contribution < -0.4 is 16.0 Å². The lowest BCUT2D eigenvalue weighted by Gasteiger charge is -2.36. The highest BCUT2D eigenvalue weighted by Crippen LogP contribution is 2.30. The van der Waals surface area contributed by atoms with Crippen LogP contribution in [0, 0.1) is 0 Å². The maximum absolute atomic E-state index is 12.0. The van der Waals surface area contributed by atoms with Crippen LogP contribution in [0.3, 0.4) is 0 Å². The number of hydrogen-bond donors (Lipinski definition) is 3. The van der Waals surface area contributed by atoms with E-state index in [-0.39, 0.29) is 23.9 Å². The first-order chi connectivity index (χ1) is 9.13. The molecule has 2 aliphatic rings. The summed E-state index contributed by atoms with van der Waals surface area (Å²) in [5.41, 5.74) is -0.0602. The van der Waals surface area contributed by atoms with Gasteiger partial charge in [-0.25, -0.2) is 0 Å². The van der Waals surface area contributed by atoms with E-state index in [9.17, 15) is 9.59 Å². The van der Waals surface area contributed by atoms with Gasteiger partial charge in [0.15, 0.2) is 0 Å². The molecule has 5 nitrogen and oxygen atoms in total. The van der Waals surface area contributed by atoms with Crippen molar-refractivity contribution in [2.45, 2.75) is 62.9 Å². The van der Waals surface area contributed by atoms with E-state index in [4.69, 9.17) is 0 Å². The summed E-state index contributed by atoms with van der Waals surface area (Å²) in [5, 5.41) is 8.91. The zero-order valence-electron chi connectivity index (χ0n) is 11.8. The van der Waals surface area contributed by atoms with E-state index in [0.29, 0.717) is 12.5 Å². The van der Waals surface area contributed by atoms with Gasteiger partial charge in [-0.05, 0) is 32.7 Å². The first-order valence-electron chi connectivity index (χ1n) is 7.38. The highest BCUT2D eigenvalue weighted by Gasteiger charge is 2.32. The Hall–Kier alpha value is -1.10. The number of hydrogen-bond acceptors (Lipinski definition) is 3. The first-order valence-corrected chi connectivity index (χ1v) is 7.38. The molecule has 2 amide bonds. The fraction of sp³-hybridized carbons (Fsp3) is 0.857. The Bertz CT molecular complexity index is 334. The lowest BCUT2D eigenvalue weighted by atomic mass is 9.79. The average Bonchev–Trinajstić information content (AvgIpc) is 3.21. The van der Waals surface area contributed by atoms with Gasteiger partial charge >= 0.3 is 0 Å². The van der Waals surface area contributed by atoms with Gasteiger partial charge in [0.05, 0.1) is 6.54 Å². The minimum Gasteiger partial charge on any atom is -0.352 e. The van der Waals surface area contributed by atoms with Gasteiger partial charge in [0, 0.05) is 18.0 Å². The van der Waals surface area contributed by atoms with Crippen molar-refractivity contribution < 1.29 is 9.59 Å². The molecule has 2 fully saturated rings. The maximum atomic E-state index is 12.0. The van der Waals surface area contributed by atoms with Crippen LogP contribution in [-0.4, -0.2) is 37.0 Å². The van der Waals surface area contributed by atoms with Crippen LogP contribution >= 0.6 is 0 Å². The second-order valence-corrected chi connectivity index (χ2v) is 5.89. The van der Waals surface area contributed by atoms with Crippen molar-refractivity contribution in [1.82, 2.24) is 16.0 Å². The number of nitrogens with one attached hydrogen (secondary N) is 3. The summed E-state index contributed by atoms with van der Waals surface area (Å²) in [6, 6.07) is 0.353. The molecule has 0 heterocycles. The molecule has 108 valence electrons. The van der Waals surface area contributed by atoms with Crippen molar-refractivity contribution in [3.63, 3.8) is 0 Å². The standard InChI is InChI=1S/C14H25N3O2/c1-15-14(7-3-2-4-8-14)9-12(18)16-10-13(19)17-11-5-6-11/h11,15H,2-10H2,1H3,(H,16,18)(H,17,19). The molecule has 19 heavy (non-hydrogen) atoms. The Morgan fingerprint density at radius 1 is 1.11 bits per heavy atom. The summed E-state index contributed by atoms with van der Waals surface area (Å²) >= 11 is 0. The minimum atomic E-state index is -0.0713. The normalized spacial score (nSPS) is 21.7. The molecule has 0 saturated heterocycles. The van der Waals surface area contributed by atoms with Gasteiger partial charge in [0.1, 0.15) is 0 Å². The lowest BCUT2D eigenvalue weighted by Crippen LogP contribution is -2.49. The molecule has 0 aromatic carbocycles. The lowest BCUT2D eigenvalue weighted by molar-refractivity contribution is -0.127. The largest absolute Gasteiger partial charge is 0.352 e. The van der Waals surface area contributed by atoms with Crippen molar-refractivity contribution >= 4 is 11.8 Å². The molecule has 0 atom stereocenters. The van der Waals surface area contributed by atoms with Crippen LogP contribution in [0.4, 0.5) is 0 Å². The summed E-state index contributed by atoms with van der Waals surface area (Å²) in [5.74, 6) is -0.0970. The zero-order valence-corrected chi connectivity index (χ0v) is 11.8. The molecule has 0 spiro atoms. The van der Waals surface area contributed by atoms with Crippen molar-refractivity contribution in [3.05, 3.63) is 0 Å². The molecule has 0 unspecified atom stereocenters. The highest BCUT2D eigenvalue weighted by atomic mass is 16.2. The Morgan fingerprint density at radius 2 is 1.79 bits per heavy atom. The molecular weight excluding hydrogens is 242 g/mol. The van der Waals surface area contributed by atoms with Crippen LogP contribution in [0.5, 0.6) is 0 Å². The fourth-order valence-corrected chi connectivity index (χ4v) is 2.80. The van der Waals surface area contributed by atoms with E-state index in [0.717, 1.165) is 25.7 Å². The van der Waals surface area contributed by atoms with E-state index in [2.05, 4.69) is 16.0 Å². The third-order valence-electron chi connectivity index (χ3n) is 4.23. The van der Waals surface area contributed by atoms with Gasteiger partial charge in [0.25, 0.3) is 0 Å². The van der Waals surface area contributed by atoms with Gasteiger partial charge < -0.3 is 16.0 Å². The molecule has 2 rings (SSSR count). The predicted octanol–water partition coefficient (Wildman–Crippen LogP) is 0.694. The predicted molar refractivity (Wildman–Crippen MR) is 73.7 cm³/mol. The van der Waals surface area contributed by atoms with Crippen molar-refractivity contribution in [3.8, 4) is 0 Å². The number of rotatable bonds is 6.